The van der Waals surface area contributed by atoms with E-state index in [-0.39, 0.29) is 5.56 Å². The highest BCUT2D eigenvalue weighted by atomic mass is 35.5. The normalized spacial score (nSPS) is 12.2. The van der Waals surface area contributed by atoms with E-state index in [2.05, 4.69) is 0 Å². The molecule has 3 heterocycles. The Bertz CT molecular complexity index is 1570. The van der Waals surface area contributed by atoms with Gasteiger partial charge < -0.3 is 0 Å². The molecule has 0 unspecified atom stereocenters. The summed E-state index contributed by atoms with van der Waals surface area (Å²) in [5.41, 5.74) is 3.47. The Kier molecular flexibility index (Phi) is 2.55. The van der Waals surface area contributed by atoms with Crippen molar-refractivity contribution in [2.24, 2.45) is 0 Å². The molecule has 4 heteroatoms. The monoisotopic (exact) mass is 354 g/mol. The molecule has 0 saturated heterocycles. The second-order valence-electron chi connectivity index (χ2n) is 6.55. The molecule has 0 radical (unpaired) electrons. The summed E-state index contributed by atoms with van der Waals surface area (Å²) in [7, 11) is 0. The quantitative estimate of drug-likeness (QED) is 0.342. The molecule has 3 aromatic carbocycles. The molecule has 0 N–H and O–H groups in total. The molecule has 122 valence electrons. The molecule has 0 aliphatic heterocycles. The molecule has 0 amide bonds. The fourth-order valence-electron chi connectivity index (χ4n) is 4.11. The Morgan fingerprint density at radius 3 is 2.38 bits per heavy atom. The minimum absolute atomic E-state index is 0.0116. The first-order valence-corrected chi connectivity index (χ1v) is 8.78. The summed E-state index contributed by atoms with van der Waals surface area (Å²) in [6, 6.07) is 21.4. The van der Waals surface area contributed by atoms with Crippen LogP contribution >= 0.6 is 11.6 Å². The first-order valence-electron chi connectivity index (χ1n) is 8.40. The molecular formula is C22H11ClN2O. The van der Waals surface area contributed by atoms with Crippen LogP contribution in [0.2, 0.25) is 5.02 Å². The smallest absolute Gasteiger partial charge is 0.263 e. The number of para-hydroxylation sites is 1. The number of halogens is 1. The lowest BCUT2D eigenvalue weighted by Crippen LogP contribution is -2.13. The summed E-state index contributed by atoms with van der Waals surface area (Å²) in [5, 5.41) is 5.28. The molecule has 0 spiro atoms. The maximum Gasteiger partial charge on any atom is 0.263 e. The van der Waals surface area contributed by atoms with Gasteiger partial charge in [0.15, 0.2) is 0 Å². The van der Waals surface area contributed by atoms with Crippen LogP contribution in [0.15, 0.2) is 71.5 Å². The van der Waals surface area contributed by atoms with Gasteiger partial charge in [0.1, 0.15) is 0 Å². The van der Waals surface area contributed by atoms with E-state index in [1.807, 2.05) is 66.7 Å². The van der Waals surface area contributed by atoms with Crippen molar-refractivity contribution in [3.05, 3.63) is 82.1 Å². The number of fused-ring (bicyclic) bond motifs is 7. The number of hydrogen-bond donors (Lipinski definition) is 0. The Morgan fingerprint density at radius 1 is 0.808 bits per heavy atom. The third-order valence-corrected chi connectivity index (χ3v) is 5.41. The van der Waals surface area contributed by atoms with Crippen molar-refractivity contribution >= 4 is 60.6 Å². The van der Waals surface area contributed by atoms with Gasteiger partial charge >= 0.3 is 0 Å². The maximum absolute atomic E-state index is 13.3. The Labute approximate surface area is 152 Å². The van der Waals surface area contributed by atoms with Crippen molar-refractivity contribution in [3.63, 3.8) is 0 Å². The van der Waals surface area contributed by atoms with E-state index in [9.17, 15) is 4.79 Å². The van der Waals surface area contributed by atoms with Gasteiger partial charge in [-0.1, -0.05) is 48.0 Å². The maximum atomic E-state index is 13.3. The zero-order valence-electron chi connectivity index (χ0n) is 13.5. The van der Waals surface area contributed by atoms with E-state index in [0.717, 1.165) is 43.6 Å². The fourth-order valence-corrected chi connectivity index (χ4v) is 4.28. The molecule has 0 saturated carbocycles. The van der Waals surface area contributed by atoms with E-state index >= 15 is 0 Å². The third kappa shape index (κ3) is 1.59. The summed E-state index contributed by atoms with van der Waals surface area (Å²) in [4.78, 5) is 18.2. The van der Waals surface area contributed by atoms with Crippen molar-refractivity contribution in [2.45, 2.75) is 0 Å². The van der Waals surface area contributed by atoms with E-state index in [1.165, 1.54) is 0 Å². The lowest BCUT2D eigenvalue weighted by Gasteiger charge is -2.09. The van der Waals surface area contributed by atoms with Crippen LogP contribution in [-0.2, 0) is 0 Å². The Balaban J connectivity index is 2.15. The van der Waals surface area contributed by atoms with Crippen LogP contribution < -0.4 is 5.56 Å². The molecule has 26 heavy (non-hydrogen) atoms. The van der Waals surface area contributed by atoms with Crippen molar-refractivity contribution in [2.75, 3.05) is 0 Å². The molecule has 3 aromatic heterocycles. The van der Waals surface area contributed by atoms with Gasteiger partial charge in [-0.05, 0) is 35.7 Å². The highest BCUT2D eigenvalue weighted by Crippen LogP contribution is 2.37. The summed E-state index contributed by atoms with van der Waals surface area (Å²) in [6.07, 6.45) is 0. The molecule has 6 rings (SSSR count). The first-order chi connectivity index (χ1) is 12.7. The standard InChI is InChI=1S/C22H11ClN2O/c23-12-9-10-17-16(11-12)19-13-5-1-2-6-14(13)22(26)25-18-8-4-3-7-15(18)20(24-17)21(19)25/h1-11H. The van der Waals surface area contributed by atoms with Crippen LogP contribution in [0.3, 0.4) is 0 Å². The largest absolute Gasteiger partial charge is 0.273 e. The van der Waals surface area contributed by atoms with Crippen LogP contribution in [0.4, 0.5) is 0 Å². The summed E-state index contributed by atoms with van der Waals surface area (Å²) < 4.78 is 1.80. The summed E-state index contributed by atoms with van der Waals surface area (Å²) in [5.74, 6) is 0. The fraction of sp³-hybridized carbons (Fsp3) is 0. The minimum atomic E-state index is -0.0116. The van der Waals surface area contributed by atoms with Crippen LogP contribution in [-0.4, -0.2) is 9.38 Å². The minimum Gasteiger partial charge on any atom is -0.273 e. The van der Waals surface area contributed by atoms with Crippen molar-refractivity contribution in [1.82, 2.24) is 9.38 Å². The van der Waals surface area contributed by atoms with Gasteiger partial charge in [0, 0.05) is 26.6 Å². The van der Waals surface area contributed by atoms with Crippen LogP contribution in [0.25, 0.3) is 49.0 Å². The lowest BCUT2D eigenvalue weighted by molar-refractivity contribution is 1.21. The molecule has 6 aromatic rings. The number of benzene rings is 3. The molecule has 0 aliphatic carbocycles. The number of nitrogens with zero attached hydrogens (tertiary/aromatic N) is 2. The van der Waals surface area contributed by atoms with E-state index in [1.54, 1.807) is 4.40 Å². The predicted octanol–water partition coefficient (Wildman–Crippen LogP) is 5.40. The number of pyridine rings is 2. The van der Waals surface area contributed by atoms with Gasteiger partial charge in [-0.2, -0.15) is 0 Å². The highest BCUT2D eigenvalue weighted by molar-refractivity contribution is 6.33. The van der Waals surface area contributed by atoms with Crippen LogP contribution in [0, 0.1) is 0 Å². The van der Waals surface area contributed by atoms with Crippen molar-refractivity contribution in [1.29, 1.82) is 0 Å². The summed E-state index contributed by atoms with van der Waals surface area (Å²) >= 11 is 6.29. The van der Waals surface area contributed by atoms with Crippen molar-refractivity contribution in [3.8, 4) is 0 Å². The van der Waals surface area contributed by atoms with E-state index in [0.29, 0.717) is 10.4 Å². The highest BCUT2D eigenvalue weighted by Gasteiger charge is 2.20. The molecule has 0 aliphatic rings. The zero-order valence-corrected chi connectivity index (χ0v) is 14.3. The average molecular weight is 355 g/mol. The second-order valence-corrected chi connectivity index (χ2v) is 6.99. The topological polar surface area (TPSA) is 34.4 Å². The SMILES string of the molecule is O=c1c2ccccc2c2c3cc(Cl)ccc3nc3c4ccccc4n1c32. The number of aromatic nitrogens is 2. The third-order valence-electron chi connectivity index (χ3n) is 5.17. The van der Waals surface area contributed by atoms with Gasteiger partial charge in [-0.15, -0.1) is 0 Å². The molecule has 0 bridgehead atoms. The Morgan fingerprint density at radius 2 is 1.54 bits per heavy atom. The molecular weight excluding hydrogens is 344 g/mol. The second kappa shape index (κ2) is 4.71. The first kappa shape index (κ1) is 14.0. The molecule has 3 nitrogen and oxygen atoms in total. The predicted molar refractivity (Wildman–Crippen MR) is 108 cm³/mol. The molecule has 0 atom stereocenters. The lowest BCUT2D eigenvalue weighted by atomic mass is 10.0. The van der Waals surface area contributed by atoms with Gasteiger partial charge in [0.05, 0.1) is 22.1 Å². The Hall–Kier alpha value is -3.17. The zero-order chi connectivity index (χ0) is 17.4. The van der Waals surface area contributed by atoms with Gasteiger partial charge in [-0.3, -0.25) is 9.20 Å². The number of hydrogen-bond acceptors (Lipinski definition) is 2. The van der Waals surface area contributed by atoms with Crippen molar-refractivity contribution < 1.29 is 0 Å². The van der Waals surface area contributed by atoms with Gasteiger partial charge in [0.25, 0.3) is 5.56 Å². The summed E-state index contributed by atoms with van der Waals surface area (Å²) in [6.45, 7) is 0. The molecule has 0 fully saturated rings. The average Bonchev–Trinajstić information content (AvgIpc) is 3.00. The van der Waals surface area contributed by atoms with Crippen LogP contribution in [0.5, 0.6) is 0 Å². The van der Waals surface area contributed by atoms with Crippen LogP contribution in [0.1, 0.15) is 0 Å². The van der Waals surface area contributed by atoms with E-state index in [4.69, 9.17) is 16.6 Å². The van der Waals surface area contributed by atoms with Gasteiger partial charge in [-0.25, -0.2) is 4.98 Å². The van der Waals surface area contributed by atoms with E-state index < -0.39 is 0 Å². The number of rotatable bonds is 0. The van der Waals surface area contributed by atoms with Gasteiger partial charge in [0.2, 0.25) is 0 Å².